The Labute approximate surface area is 193 Å². The van der Waals surface area contributed by atoms with Gasteiger partial charge in [0, 0.05) is 35.1 Å². The number of ether oxygens (including phenoxy) is 1. The van der Waals surface area contributed by atoms with E-state index in [1.165, 1.54) is 16.6 Å². The van der Waals surface area contributed by atoms with E-state index in [0.29, 0.717) is 33.5 Å². The van der Waals surface area contributed by atoms with Gasteiger partial charge in [0.2, 0.25) is 11.8 Å². The predicted octanol–water partition coefficient (Wildman–Crippen LogP) is 3.74. The summed E-state index contributed by atoms with van der Waals surface area (Å²) in [5.74, 6) is 0.0519. The molecule has 2 heterocycles. The number of hydrogen-bond donors (Lipinski definition) is 1. The average molecular weight is 468 g/mol. The van der Waals surface area contributed by atoms with E-state index in [9.17, 15) is 14.0 Å². The Morgan fingerprint density at radius 2 is 1.73 bits per heavy atom. The van der Waals surface area contributed by atoms with Crippen molar-refractivity contribution in [2.24, 2.45) is 0 Å². The molecule has 4 rings (SSSR count). The first kappa shape index (κ1) is 22.3. The van der Waals surface area contributed by atoms with Crippen LogP contribution in [0.3, 0.4) is 0 Å². The Morgan fingerprint density at radius 3 is 2.48 bits per heavy atom. The molecule has 10 heteroatoms. The van der Waals surface area contributed by atoms with Crippen molar-refractivity contribution in [3.63, 3.8) is 0 Å². The molecule has 8 nitrogen and oxygen atoms in total. The summed E-state index contributed by atoms with van der Waals surface area (Å²) in [6.45, 7) is 0.435. The minimum Gasteiger partial charge on any atom is -0.475 e. The lowest BCUT2D eigenvalue weighted by molar-refractivity contribution is -0.121. The number of Topliss-reactive ketones (excluding diaryl/α,β-unsaturated/α-hetero) is 1. The van der Waals surface area contributed by atoms with E-state index in [0.717, 1.165) is 0 Å². The van der Waals surface area contributed by atoms with Crippen molar-refractivity contribution in [1.29, 1.82) is 0 Å². The largest absolute Gasteiger partial charge is 0.475 e. The minimum atomic E-state index is -0.346. The number of carbonyl (C=O) groups excluding carboxylic acids is 2. The Kier molecular flexibility index (Phi) is 6.89. The van der Waals surface area contributed by atoms with Crippen LogP contribution in [-0.2, 0) is 4.79 Å². The normalized spacial score (nSPS) is 10.8. The quantitative estimate of drug-likeness (QED) is 0.297. The van der Waals surface area contributed by atoms with Crippen LogP contribution in [0.15, 0.2) is 60.7 Å². The van der Waals surface area contributed by atoms with Gasteiger partial charge in [-0.1, -0.05) is 11.6 Å². The molecule has 168 valence electrons. The summed E-state index contributed by atoms with van der Waals surface area (Å²) in [6.07, 6.45) is 0.180. The molecule has 0 aliphatic rings. The highest BCUT2D eigenvalue weighted by atomic mass is 35.5. The minimum absolute atomic E-state index is 0.0768. The number of amides is 1. The lowest BCUT2D eigenvalue weighted by atomic mass is 10.1. The van der Waals surface area contributed by atoms with E-state index in [1.54, 1.807) is 48.5 Å². The maximum atomic E-state index is 13.2. The van der Waals surface area contributed by atoms with Crippen LogP contribution in [0.25, 0.3) is 17.0 Å². The van der Waals surface area contributed by atoms with Gasteiger partial charge < -0.3 is 10.1 Å². The number of aromatic nitrogens is 4. The molecule has 1 amide bonds. The van der Waals surface area contributed by atoms with Crippen LogP contribution in [-0.4, -0.2) is 44.7 Å². The van der Waals surface area contributed by atoms with Crippen LogP contribution in [0.4, 0.5) is 4.39 Å². The van der Waals surface area contributed by atoms with Gasteiger partial charge in [0.1, 0.15) is 12.4 Å². The second-order valence-electron chi connectivity index (χ2n) is 7.10. The van der Waals surface area contributed by atoms with Crippen LogP contribution in [0, 0.1) is 5.82 Å². The molecular formula is C23H19ClFN5O3. The fraction of sp³-hybridized carbons (Fsp3) is 0.174. The summed E-state index contributed by atoms with van der Waals surface area (Å²) >= 11 is 5.81. The number of nitrogens with one attached hydrogen (secondary N) is 1. The van der Waals surface area contributed by atoms with Crippen molar-refractivity contribution in [2.75, 3.05) is 13.2 Å². The van der Waals surface area contributed by atoms with Gasteiger partial charge in [-0.25, -0.2) is 4.39 Å². The predicted molar refractivity (Wildman–Crippen MR) is 120 cm³/mol. The lowest BCUT2D eigenvalue weighted by Crippen LogP contribution is -2.28. The first-order valence-corrected chi connectivity index (χ1v) is 10.5. The number of halogens is 2. The average Bonchev–Trinajstić information content (AvgIpc) is 3.24. The first-order chi connectivity index (χ1) is 16.0. The van der Waals surface area contributed by atoms with E-state index in [2.05, 4.69) is 20.6 Å². The SMILES string of the molecule is O=C(CCC(=O)c1ccc(Cl)cc1)NCCOc1ccc2nnc(-c3ccc(F)cc3)n2n1. The molecule has 33 heavy (non-hydrogen) atoms. The maximum Gasteiger partial charge on any atom is 0.231 e. The topological polar surface area (TPSA) is 98.5 Å². The summed E-state index contributed by atoms with van der Waals surface area (Å²) in [5, 5.41) is 15.8. The van der Waals surface area contributed by atoms with E-state index in [1.807, 2.05) is 0 Å². The molecule has 1 N–H and O–H groups in total. The number of fused-ring (bicyclic) bond motifs is 1. The van der Waals surface area contributed by atoms with Gasteiger partial charge in [0.15, 0.2) is 17.3 Å². The maximum absolute atomic E-state index is 13.2. The molecule has 0 spiro atoms. The smallest absolute Gasteiger partial charge is 0.231 e. The number of hydrogen-bond acceptors (Lipinski definition) is 6. The van der Waals surface area contributed by atoms with E-state index in [-0.39, 0.29) is 43.5 Å². The molecule has 0 aliphatic heterocycles. The van der Waals surface area contributed by atoms with Crippen molar-refractivity contribution in [2.45, 2.75) is 12.8 Å². The molecule has 2 aromatic carbocycles. The first-order valence-electron chi connectivity index (χ1n) is 10.2. The molecule has 4 aromatic rings. The molecule has 0 saturated carbocycles. The third kappa shape index (κ3) is 5.69. The molecule has 0 aliphatic carbocycles. The standard InChI is InChI=1S/C23H19ClFN5O3/c24-17-5-1-15(2-6-17)19(31)9-11-21(32)26-13-14-33-22-12-10-20-27-28-23(30(20)29-22)16-3-7-18(25)8-4-16/h1-8,10,12H,9,11,13-14H2,(H,26,32). The molecule has 0 saturated heterocycles. The Balaban J connectivity index is 1.26. The second kappa shape index (κ2) is 10.2. The van der Waals surface area contributed by atoms with Crippen LogP contribution >= 0.6 is 11.6 Å². The van der Waals surface area contributed by atoms with E-state index in [4.69, 9.17) is 16.3 Å². The summed E-state index contributed by atoms with van der Waals surface area (Å²) in [6, 6.07) is 15.7. The fourth-order valence-corrected chi connectivity index (χ4v) is 3.20. The molecule has 0 atom stereocenters. The number of ketones is 1. The lowest BCUT2D eigenvalue weighted by Gasteiger charge is -2.08. The van der Waals surface area contributed by atoms with Gasteiger partial charge in [0.25, 0.3) is 0 Å². The van der Waals surface area contributed by atoms with Gasteiger partial charge >= 0.3 is 0 Å². The van der Waals surface area contributed by atoms with Gasteiger partial charge in [-0.2, -0.15) is 4.52 Å². The highest BCUT2D eigenvalue weighted by Crippen LogP contribution is 2.19. The Bertz CT molecular complexity index is 1280. The zero-order chi connectivity index (χ0) is 23.2. The van der Waals surface area contributed by atoms with Crippen molar-refractivity contribution >= 4 is 28.9 Å². The van der Waals surface area contributed by atoms with Crippen LogP contribution in [0.5, 0.6) is 5.88 Å². The monoisotopic (exact) mass is 467 g/mol. The molecule has 0 radical (unpaired) electrons. The van der Waals surface area contributed by atoms with Crippen molar-refractivity contribution in [1.82, 2.24) is 25.1 Å². The molecule has 2 aromatic heterocycles. The van der Waals surface area contributed by atoms with Gasteiger partial charge in [-0.05, 0) is 54.6 Å². The zero-order valence-corrected chi connectivity index (χ0v) is 18.1. The number of nitrogens with zero attached hydrogens (tertiary/aromatic N) is 4. The van der Waals surface area contributed by atoms with Gasteiger partial charge in [-0.3, -0.25) is 9.59 Å². The van der Waals surface area contributed by atoms with Crippen LogP contribution in [0.2, 0.25) is 5.02 Å². The summed E-state index contributed by atoms with van der Waals surface area (Å²) in [4.78, 5) is 24.1. The molecule has 0 fully saturated rings. The van der Waals surface area contributed by atoms with Crippen molar-refractivity contribution < 1.29 is 18.7 Å². The zero-order valence-electron chi connectivity index (χ0n) is 17.4. The van der Waals surface area contributed by atoms with E-state index >= 15 is 0 Å². The third-order valence-electron chi connectivity index (χ3n) is 4.76. The number of benzene rings is 2. The van der Waals surface area contributed by atoms with Crippen molar-refractivity contribution in [3.05, 3.63) is 77.1 Å². The van der Waals surface area contributed by atoms with E-state index < -0.39 is 0 Å². The van der Waals surface area contributed by atoms with Crippen LogP contribution < -0.4 is 10.1 Å². The van der Waals surface area contributed by atoms with Crippen molar-refractivity contribution in [3.8, 4) is 17.3 Å². The fourth-order valence-electron chi connectivity index (χ4n) is 3.07. The Morgan fingerprint density at radius 1 is 0.970 bits per heavy atom. The van der Waals surface area contributed by atoms with Crippen LogP contribution in [0.1, 0.15) is 23.2 Å². The summed E-state index contributed by atoms with van der Waals surface area (Å²) in [5.41, 5.74) is 1.69. The molecule has 0 bridgehead atoms. The van der Waals surface area contributed by atoms with Gasteiger partial charge in [0.05, 0.1) is 6.54 Å². The molecule has 0 unspecified atom stereocenters. The summed E-state index contributed by atoms with van der Waals surface area (Å²) < 4.78 is 20.3. The molecular weight excluding hydrogens is 449 g/mol. The number of carbonyl (C=O) groups is 2. The highest BCUT2D eigenvalue weighted by Gasteiger charge is 2.12. The number of rotatable bonds is 9. The van der Waals surface area contributed by atoms with Gasteiger partial charge in [-0.15, -0.1) is 15.3 Å². The highest BCUT2D eigenvalue weighted by molar-refractivity contribution is 6.30. The second-order valence-corrected chi connectivity index (χ2v) is 7.54. The summed E-state index contributed by atoms with van der Waals surface area (Å²) in [7, 11) is 0. The Hall–Kier alpha value is -3.85. The third-order valence-corrected chi connectivity index (χ3v) is 5.01.